The van der Waals surface area contributed by atoms with Gasteiger partial charge >= 0.3 is 0 Å². The van der Waals surface area contributed by atoms with Gasteiger partial charge in [0.2, 0.25) is 0 Å². The van der Waals surface area contributed by atoms with Crippen LogP contribution in [0.1, 0.15) is 17.9 Å². The number of hydrogen-bond donors (Lipinski definition) is 1. The van der Waals surface area contributed by atoms with Crippen molar-refractivity contribution in [2.24, 2.45) is 0 Å². The molecule has 1 aliphatic rings. The van der Waals surface area contributed by atoms with Crippen LogP contribution in [0.3, 0.4) is 0 Å². The lowest BCUT2D eigenvalue weighted by Crippen LogP contribution is -2.36. The van der Waals surface area contributed by atoms with Gasteiger partial charge in [0.15, 0.2) is 12.4 Å². The predicted molar refractivity (Wildman–Crippen MR) is 50.5 cm³/mol. The van der Waals surface area contributed by atoms with Crippen molar-refractivity contribution in [1.82, 2.24) is 5.32 Å². The zero-order valence-corrected chi connectivity index (χ0v) is 7.82. The molecule has 4 heteroatoms. The fourth-order valence-electron chi connectivity index (χ4n) is 1.82. The normalized spacial score (nSPS) is 27.5. The summed E-state index contributed by atoms with van der Waals surface area (Å²) in [7, 11) is 0. The van der Waals surface area contributed by atoms with Crippen molar-refractivity contribution in [3.63, 3.8) is 0 Å². The van der Waals surface area contributed by atoms with Crippen LogP contribution < -0.4 is 10.0 Å². The molecule has 1 fully saturated rings. The fourth-order valence-corrected chi connectivity index (χ4v) is 1.82. The van der Waals surface area contributed by atoms with Crippen LogP contribution in [0.15, 0.2) is 24.5 Å². The number of piperidine rings is 1. The summed E-state index contributed by atoms with van der Waals surface area (Å²) >= 11 is 0. The van der Waals surface area contributed by atoms with E-state index in [2.05, 4.69) is 5.32 Å². The first-order valence-electron chi connectivity index (χ1n) is 4.81. The third-order valence-corrected chi connectivity index (χ3v) is 2.65. The summed E-state index contributed by atoms with van der Waals surface area (Å²) in [6.07, 6.45) is 2.59. The Bertz CT molecular complexity index is 301. The molecule has 2 unspecified atom stereocenters. The van der Waals surface area contributed by atoms with Gasteiger partial charge in [0.1, 0.15) is 6.17 Å². The van der Waals surface area contributed by atoms with E-state index >= 15 is 0 Å². The summed E-state index contributed by atoms with van der Waals surface area (Å²) in [6, 6.07) is 3.38. The number of halogens is 1. The zero-order chi connectivity index (χ0) is 9.97. The van der Waals surface area contributed by atoms with Crippen LogP contribution in [0.4, 0.5) is 4.39 Å². The minimum Gasteiger partial charge on any atom is -0.619 e. The van der Waals surface area contributed by atoms with Crippen LogP contribution in [-0.2, 0) is 0 Å². The third-order valence-electron chi connectivity index (χ3n) is 2.65. The van der Waals surface area contributed by atoms with Crippen molar-refractivity contribution in [3.8, 4) is 0 Å². The molecule has 1 N–H and O–H groups in total. The topological polar surface area (TPSA) is 39.0 Å². The molecule has 0 aromatic carbocycles. The number of rotatable bonds is 1. The highest BCUT2D eigenvalue weighted by molar-refractivity contribution is 5.17. The van der Waals surface area contributed by atoms with Gasteiger partial charge < -0.3 is 10.5 Å². The van der Waals surface area contributed by atoms with Crippen molar-refractivity contribution >= 4 is 0 Å². The van der Waals surface area contributed by atoms with Crippen LogP contribution in [0.25, 0.3) is 0 Å². The molecule has 0 amide bonds. The Kier molecular flexibility index (Phi) is 2.63. The molecule has 1 aromatic heterocycles. The second kappa shape index (κ2) is 3.92. The van der Waals surface area contributed by atoms with Gasteiger partial charge in [0, 0.05) is 24.6 Å². The summed E-state index contributed by atoms with van der Waals surface area (Å²) in [5.74, 6) is -0.107. The Hall–Kier alpha value is -1.16. The van der Waals surface area contributed by atoms with Crippen LogP contribution >= 0.6 is 0 Å². The molecule has 0 saturated carbocycles. The molecule has 14 heavy (non-hydrogen) atoms. The SMILES string of the molecule is [O-][n+]1ccc(C2CNCCC2F)cc1. The Balaban J connectivity index is 2.16. The summed E-state index contributed by atoms with van der Waals surface area (Å²) in [5.41, 5.74) is 0.900. The van der Waals surface area contributed by atoms with Crippen molar-refractivity contribution in [2.75, 3.05) is 13.1 Å². The minimum atomic E-state index is -0.793. The van der Waals surface area contributed by atoms with Crippen molar-refractivity contribution < 1.29 is 9.12 Å². The van der Waals surface area contributed by atoms with E-state index in [1.165, 1.54) is 12.4 Å². The van der Waals surface area contributed by atoms with E-state index in [-0.39, 0.29) is 5.92 Å². The number of aromatic nitrogens is 1. The van der Waals surface area contributed by atoms with Crippen molar-refractivity contribution in [2.45, 2.75) is 18.5 Å². The average Bonchev–Trinajstić information content (AvgIpc) is 2.20. The molecule has 76 valence electrons. The smallest absolute Gasteiger partial charge is 0.180 e. The molecular weight excluding hydrogens is 183 g/mol. The molecule has 2 heterocycles. The van der Waals surface area contributed by atoms with Crippen LogP contribution in [0.2, 0.25) is 0 Å². The van der Waals surface area contributed by atoms with Crippen LogP contribution in [0.5, 0.6) is 0 Å². The van der Waals surface area contributed by atoms with E-state index in [1.54, 1.807) is 12.1 Å². The first-order chi connectivity index (χ1) is 6.77. The molecule has 1 aromatic rings. The Morgan fingerprint density at radius 3 is 2.79 bits per heavy atom. The van der Waals surface area contributed by atoms with Gasteiger partial charge in [-0.3, -0.25) is 0 Å². The lowest BCUT2D eigenvalue weighted by Gasteiger charge is -2.26. The molecule has 3 nitrogen and oxygen atoms in total. The molecule has 2 rings (SSSR count). The number of nitrogens with one attached hydrogen (secondary N) is 1. The van der Waals surface area contributed by atoms with E-state index in [0.29, 0.717) is 17.7 Å². The monoisotopic (exact) mass is 196 g/mol. The van der Waals surface area contributed by atoms with E-state index in [4.69, 9.17) is 0 Å². The lowest BCUT2D eigenvalue weighted by molar-refractivity contribution is -0.605. The second-order valence-electron chi connectivity index (χ2n) is 3.61. The quantitative estimate of drug-likeness (QED) is 0.531. The molecule has 1 aliphatic heterocycles. The third kappa shape index (κ3) is 1.85. The number of pyridine rings is 1. The van der Waals surface area contributed by atoms with Gasteiger partial charge in [-0.25, -0.2) is 4.39 Å². The molecule has 0 radical (unpaired) electrons. The van der Waals surface area contributed by atoms with Gasteiger partial charge in [0.25, 0.3) is 0 Å². The number of alkyl halides is 1. The highest BCUT2D eigenvalue weighted by Gasteiger charge is 2.26. The van der Waals surface area contributed by atoms with Crippen molar-refractivity contribution in [3.05, 3.63) is 35.3 Å². The highest BCUT2D eigenvalue weighted by Crippen LogP contribution is 2.25. The number of hydrogen-bond acceptors (Lipinski definition) is 2. The maximum Gasteiger partial charge on any atom is 0.180 e. The maximum absolute atomic E-state index is 13.5. The summed E-state index contributed by atoms with van der Waals surface area (Å²) in [6.45, 7) is 1.40. The van der Waals surface area contributed by atoms with Gasteiger partial charge in [-0.05, 0) is 18.5 Å². The fraction of sp³-hybridized carbons (Fsp3) is 0.500. The van der Waals surface area contributed by atoms with Gasteiger partial charge in [-0.15, -0.1) is 0 Å². The molecule has 0 spiro atoms. The first-order valence-corrected chi connectivity index (χ1v) is 4.81. The Morgan fingerprint density at radius 1 is 1.43 bits per heavy atom. The second-order valence-corrected chi connectivity index (χ2v) is 3.61. The lowest BCUT2D eigenvalue weighted by atomic mass is 9.91. The first kappa shape index (κ1) is 9.40. The maximum atomic E-state index is 13.5. The standard InChI is InChI=1S/C10H13FN2O/c11-10-1-4-12-7-9(10)8-2-5-13(14)6-3-8/h2-3,5-6,9-10,12H,1,4,7H2. The van der Waals surface area contributed by atoms with Gasteiger partial charge in [-0.2, -0.15) is 4.73 Å². The predicted octanol–water partition coefficient (Wildman–Crippen LogP) is 0.735. The molecule has 0 aliphatic carbocycles. The summed E-state index contributed by atoms with van der Waals surface area (Å²) in [4.78, 5) is 0. The average molecular weight is 196 g/mol. The largest absolute Gasteiger partial charge is 0.619 e. The molecule has 1 saturated heterocycles. The molecule has 0 bridgehead atoms. The van der Waals surface area contributed by atoms with E-state index in [0.717, 1.165) is 12.1 Å². The van der Waals surface area contributed by atoms with E-state index in [1.807, 2.05) is 0 Å². The van der Waals surface area contributed by atoms with Crippen LogP contribution in [0, 0.1) is 5.21 Å². The zero-order valence-electron chi connectivity index (χ0n) is 7.82. The highest BCUT2D eigenvalue weighted by atomic mass is 19.1. The molecular formula is C10H13FN2O. The van der Waals surface area contributed by atoms with Gasteiger partial charge in [0.05, 0.1) is 0 Å². The molecule has 2 atom stereocenters. The summed E-state index contributed by atoms with van der Waals surface area (Å²) < 4.78 is 14.2. The van der Waals surface area contributed by atoms with Crippen molar-refractivity contribution in [1.29, 1.82) is 0 Å². The minimum absolute atomic E-state index is 0.107. The van der Waals surface area contributed by atoms with E-state index in [9.17, 15) is 9.60 Å². The Morgan fingerprint density at radius 2 is 2.14 bits per heavy atom. The van der Waals surface area contributed by atoms with Crippen LogP contribution in [-0.4, -0.2) is 19.3 Å². The van der Waals surface area contributed by atoms with Gasteiger partial charge in [-0.1, -0.05) is 0 Å². The number of nitrogens with zero attached hydrogens (tertiary/aromatic N) is 1. The summed E-state index contributed by atoms with van der Waals surface area (Å²) in [5, 5.41) is 13.9. The Labute approximate surface area is 82.1 Å². The van der Waals surface area contributed by atoms with E-state index < -0.39 is 6.17 Å².